The highest BCUT2D eigenvalue weighted by atomic mass is 14.7. The number of rotatable bonds is 0. The van der Waals surface area contributed by atoms with Crippen LogP contribution in [0.15, 0.2) is 11.1 Å². The Bertz CT molecular complexity index is 112. The third-order valence-electron chi connectivity index (χ3n) is 0.244. The third-order valence-corrected chi connectivity index (χ3v) is 0.244. The fraction of sp³-hybridized carbons (Fsp3) is 0.250. The van der Waals surface area contributed by atoms with Crippen LogP contribution < -0.4 is 0 Å². The van der Waals surface area contributed by atoms with Crippen LogP contribution in [0.5, 0.6) is 0 Å². The first-order valence-corrected chi connectivity index (χ1v) is 1.54. The lowest BCUT2D eigenvalue weighted by molar-refractivity contribution is 1.45. The van der Waals surface area contributed by atoms with E-state index in [9.17, 15) is 0 Å². The zero-order valence-corrected chi connectivity index (χ0v) is 3.47. The van der Waals surface area contributed by atoms with Crippen LogP contribution >= 0.6 is 0 Å². The van der Waals surface area contributed by atoms with Gasteiger partial charge in [0.05, 0.1) is 0 Å². The zero-order valence-electron chi connectivity index (χ0n) is 3.47. The Morgan fingerprint density at radius 2 is 2.50 bits per heavy atom. The minimum absolute atomic E-state index is 1.55. The number of hydrogen-bond acceptors (Lipinski definition) is 2. The molecule has 0 bridgehead atoms. The minimum Gasteiger partial charge on any atom is -0.170 e. The molecule has 0 aromatic carbocycles. The highest BCUT2D eigenvalue weighted by Crippen LogP contribution is 1.50. The molecule has 0 aromatic heterocycles. The second-order valence-corrected chi connectivity index (χ2v) is 0.630. The number of allylic oxidation sites excluding steroid dienone is 1. The van der Waals surface area contributed by atoms with Gasteiger partial charge >= 0.3 is 0 Å². The van der Waals surface area contributed by atoms with Gasteiger partial charge in [-0.25, -0.2) is 0 Å². The summed E-state index contributed by atoms with van der Waals surface area (Å²) in [4.78, 5) is 3.09. The molecule has 0 aliphatic heterocycles. The van der Waals surface area contributed by atoms with Crippen LogP contribution in [0.1, 0.15) is 6.92 Å². The van der Waals surface area contributed by atoms with Crippen molar-refractivity contribution in [1.82, 2.24) is 0 Å². The number of nitriles is 1. The molecule has 0 N–H and O–H groups in total. The Balaban J connectivity index is 3.56. The topological polar surface area (TPSA) is 36.1 Å². The molecule has 0 heterocycles. The van der Waals surface area contributed by atoms with Crippen molar-refractivity contribution in [2.45, 2.75) is 6.92 Å². The molecule has 0 rings (SSSR count). The first kappa shape index (κ1) is 4.94. The summed E-state index contributed by atoms with van der Waals surface area (Å²) in [7, 11) is 0. The van der Waals surface area contributed by atoms with Crippen molar-refractivity contribution in [3.8, 4) is 6.19 Å². The van der Waals surface area contributed by atoms with E-state index in [4.69, 9.17) is 5.26 Å². The molecule has 2 heteroatoms. The summed E-state index contributed by atoms with van der Waals surface area (Å²) in [6.45, 7) is 1.75. The van der Waals surface area contributed by atoms with Gasteiger partial charge in [0, 0.05) is 0 Å². The Labute approximate surface area is 36.4 Å². The molecule has 0 amide bonds. The Morgan fingerprint density at radius 3 is 2.67 bits per heavy atom. The van der Waals surface area contributed by atoms with E-state index in [1.807, 2.05) is 0 Å². The summed E-state index contributed by atoms with van der Waals surface area (Å²) in [5.41, 5.74) is 0. The lowest BCUT2D eigenvalue weighted by Crippen LogP contribution is -1.43. The predicted octanol–water partition coefficient (Wildman–Crippen LogP) is 0.713. The maximum Gasteiger partial charge on any atom is 0.214 e. The Kier molecular flexibility index (Phi) is 3.24. The van der Waals surface area contributed by atoms with E-state index in [1.165, 1.54) is 0 Å². The van der Waals surface area contributed by atoms with Crippen molar-refractivity contribution < 1.29 is 0 Å². The number of nitrogens with zero attached hydrogens (tertiary/aromatic N) is 2. The van der Waals surface area contributed by atoms with E-state index in [-0.39, 0.29) is 0 Å². The Morgan fingerprint density at radius 1 is 1.83 bits per heavy atom. The highest BCUT2D eigenvalue weighted by Gasteiger charge is 1.45. The molecule has 0 aliphatic rings. The maximum absolute atomic E-state index is 7.70. The first-order chi connectivity index (χ1) is 2.91. The molecular weight excluding hydrogens is 76.1 g/mol. The van der Waals surface area contributed by atoms with Gasteiger partial charge in [-0.1, -0.05) is 0 Å². The van der Waals surface area contributed by atoms with Gasteiger partial charge in [-0.15, -0.1) is 4.99 Å². The summed E-state index contributed by atoms with van der Waals surface area (Å²) >= 11 is 0. The van der Waals surface area contributed by atoms with Crippen LogP contribution in [-0.4, -0.2) is 5.87 Å². The first-order valence-electron chi connectivity index (χ1n) is 1.54. The summed E-state index contributed by atoms with van der Waals surface area (Å²) in [6.07, 6.45) is 3.12. The fourth-order valence-electron chi connectivity index (χ4n) is 0.0934. The third kappa shape index (κ3) is 2.94. The van der Waals surface area contributed by atoms with Gasteiger partial charge in [0.1, 0.15) is 0 Å². The summed E-state index contributed by atoms with van der Waals surface area (Å²) < 4.78 is 0. The Hall–Kier alpha value is -1.06. The van der Waals surface area contributed by atoms with E-state index in [0.717, 1.165) is 0 Å². The summed E-state index contributed by atoms with van der Waals surface area (Å²) in [5.74, 6) is 2.34. The van der Waals surface area contributed by atoms with Gasteiger partial charge in [-0.05, 0) is 18.9 Å². The lowest BCUT2D eigenvalue weighted by atomic mass is 10.7. The van der Waals surface area contributed by atoms with Crippen molar-refractivity contribution >= 4 is 5.87 Å². The molecule has 0 aliphatic carbocycles. The van der Waals surface area contributed by atoms with E-state index >= 15 is 0 Å². The lowest BCUT2D eigenvalue weighted by Gasteiger charge is -1.47. The molecule has 0 atom stereocenters. The van der Waals surface area contributed by atoms with Crippen LogP contribution in [0, 0.1) is 11.5 Å². The van der Waals surface area contributed by atoms with Crippen LogP contribution in [-0.2, 0) is 0 Å². The molecule has 0 unspecified atom stereocenters. The van der Waals surface area contributed by atoms with Crippen LogP contribution in [0.4, 0.5) is 0 Å². The van der Waals surface area contributed by atoms with Crippen molar-refractivity contribution in [2.24, 2.45) is 4.99 Å². The maximum atomic E-state index is 7.70. The van der Waals surface area contributed by atoms with Crippen molar-refractivity contribution in [3.63, 3.8) is 0 Å². The summed E-state index contributed by atoms with van der Waals surface area (Å²) in [6, 6.07) is 0. The van der Waals surface area contributed by atoms with Crippen LogP contribution in [0.3, 0.4) is 0 Å². The largest absolute Gasteiger partial charge is 0.214 e. The molecule has 0 saturated heterocycles. The molecule has 0 fully saturated rings. The van der Waals surface area contributed by atoms with E-state index in [0.29, 0.717) is 0 Å². The average molecular weight is 80.1 g/mol. The average Bonchev–Trinajstić information content (AvgIpc) is 1.61. The van der Waals surface area contributed by atoms with Crippen molar-refractivity contribution in [1.29, 1.82) is 5.26 Å². The molecule has 30 valence electrons. The molecule has 2 nitrogen and oxygen atoms in total. The molecule has 0 saturated carbocycles. The van der Waals surface area contributed by atoms with E-state index in [1.54, 1.807) is 19.2 Å². The van der Waals surface area contributed by atoms with Gasteiger partial charge < -0.3 is 0 Å². The van der Waals surface area contributed by atoms with Gasteiger partial charge in [-0.3, -0.25) is 0 Å². The quantitative estimate of drug-likeness (QED) is 0.312. The molecular formula is C4H4N2. The van der Waals surface area contributed by atoms with Crippen molar-refractivity contribution in [2.75, 3.05) is 0 Å². The number of hydrogen-bond donors (Lipinski definition) is 0. The van der Waals surface area contributed by atoms with E-state index < -0.39 is 0 Å². The summed E-state index contributed by atoms with van der Waals surface area (Å²) in [5, 5.41) is 7.70. The molecule has 0 radical (unpaired) electrons. The second-order valence-electron chi connectivity index (χ2n) is 0.630. The highest BCUT2D eigenvalue weighted by molar-refractivity contribution is 5.51. The predicted molar refractivity (Wildman–Crippen MR) is 23.3 cm³/mol. The van der Waals surface area contributed by atoms with Gasteiger partial charge in [0.25, 0.3) is 0 Å². The second kappa shape index (κ2) is 3.94. The van der Waals surface area contributed by atoms with Gasteiger partial charge in [0.2, 0.25) is 6.19 Å². The fourth-order valence-corrected chi connectivity index (χ4v) is 0.0934. The standard InChI is InChI=1S/C4H4N2/c1-2-3-6-4-5/h2H,1H3. The van der Waals surface area contributed by atoms with Crippen LogP contribution in [0.2, 0.25) is 0 Å². The molecule has 6 heavy (non-hydrogen) atoms. The van der Waals surface area contributed by atoms with E-state index in [2.05, 4.69) is 10.9 Å². The van der Waals surface area contributed by atoms with Crippen molar-refractivity contribution in [3.05, 3.63) is 6.08 Å². The zero-order chi connectivity index (χ0) is 4.83. The number of aliphatic imine (C=N–C) groups is 1. The minimum atomic E-state index is 1.55. The SMILES string of the molecule is CC=C=NC#N. The normalized spacial score (nSPS) is 4.67. The molecule has 0 spiro atoms. The van der Waals surface area contributed by atoms with Gasteiger partial charge in [0.15, 0.2) is 0 Å². The molecule has 0 aromatic rings. The van der Waals surface area contributed by atoms with Crippen LogP contribution in [0.25, 0.3) is 0 Å². The van der Waals surface area contributed by atoms with Gasteiger partial charge in [-0.2, -0.15) is 5.26 Å². The smallest absolute Gasteiger partial charge is 0.170 e. The monoisotopic (exact) mass is 80.0 g/mol.